The third kappa shape index (κ3) is 52.2. The molecule has 0 aromatic rings. The first-order valence-electron chi connectivity index (χ1n) is 35.8. The first kappa shape index (κ1) is 80.3. The molecule has 0 aliphatic carbocycles. The van der Waals surface area contributed by atoms with Crippen LogP contribution in [0.5, 0.6) is 0 Å². The molecular weight excluding hydrogens is 1190 g/mol. The Morgan fingerprint density at radius 1 is 0.228 bits per heavy atom. The summed E-state index contributed by atoms with van der Waals surface area (Å²) in [5.41, 5.74) is 0. The third-order valence-corrected chi connectivity index (χ3v) is 20.0. The predicted octanol–water partition coefficient (Wildman–Crippen LogP) is 26.3. The van der Waals surface area contributed by atoms with Crippen LogP contribution in [0, 0.1) is 82.9 Å². The molecule has 0 radical (unpaired) electrons. The van der Waals surface area contributed by atoms with E-state index in [2.05, 4.69) is 156 Å². The Labute approximate surface area is 527 Å². The van der Waals surface area contributed by atoms with Crippen LogP contribution in [-0.2, 0) is 14.2 Å². The molecule has 0 N–H and O–H groups in total. The summed E-state index contributed by atoms with van der Waals surface area (Å²) in [4.78, 5) is 0. The Bertz CT molecular complexity index is 1160. The molecule has 0 fully saturated rings. The van der Waals surface area contributed by atoms with Crippen molar-refractivity contribution in [3.8, 4) is 0 Å². The molecule has 16 atom stereocenters. The molecular formula is C74H148I2O3. The maximum absolute atomic E-state index is 7.01. The minimum absolute atomic E-state index is 0.166. The molecule has 0 spiro atoms. The van der Waals surface area contributed by atoms with Crippen molar-refractivity contribution >= 4 is 45.2 Å². The molecule has 0 amide bonds. The molecule has 0 aliphatic heterocycles. The van der Waals surface area contributed by atoms with E-state index in [9.17, 15) is 0 Å². The summed E-state index contributed by atoms with van der Waals surface area (Å²) >= 11 is 5.08. The summed E-state index contributed by atoms with van der Waals surface area (Å²) in [6.07, 6.45) is 49.9. The van der Waals surface area contributed by atoms with Crippen LogP contribution in [0.3, 0.4) is 0 Å². The molecule has 16 unspecified atom stereocenters. The van der Waals surface area contributed by atoms with Gasteiger partial charge in [-0.2, -0.15) is 0 Å². The minimum Gasteiger partial charge on any atom is -0.353 e. The first-order valence-corrected chi connectivity index (χ1v) is 38.9. The Hall–Kier alpha value is 1.34. The summed E-state index contributed by atoms with van der Waals surface area (Å²) in [6, 6.07) is 0. The van der Waals surface area contributed by atoms with Crippen molar-refractivity contribution in [2.75, 3.05) is 22.1 Å². The highest BCUT2D eigenvalue weighted by Gasteiger charge is 2.23. The maximum Gasteiger partial charge on any atom is 0.160 e. The lowest BCUT2D eigenvalue weighted by Crippen LogP contribution is -2.28. The van der Waals surface area contributed by atoms with Gasteiger partial charge >= 0.3 is 0 Å². The third-order valence-electron chi connectivity index (χ3n) is 18.5. The Kier molecular flexibility index (Phi) is 55.6. The summed E-state index contributed by atoms with van der Waals surface area (Å²) in [5.74, 6) is 11.4. The van der Waals surface area contributed by atoms with Gasteiger partial charge in [-0.1, -0.05) is 259 Å². The van der Waals surface area contributed by atoms with Gasteiger partial charge in [0.1, 0.15) is 0 Å². The standard InChI is InChI=1S/C74H148I2O3/c1-17-19-21-23-25-27-29-31-45-77-73(41-33-37-59(3)47-63(7)51-67(11)55-71(15)57-69(13)53-65(9)49-61(5)39-35-43-75)79-74(78-46-32-30-28-26-24-22-20-18-2)42-34-38-60(4)48-64(8)52-68(12)56-72(16)58-70(14)54-66(10)50-62(6)40-36-44-76/h59-74H,17-58H2,1-16H3. The van der Waals surface area contributed by atoms with E-state index >= 15 is 0 Å². The second-order valence-electron chi connectivity index (χ2n) is 29.5. The molecule has 476 valence electrons. The van der Waals surface area contributed by atoms with Gasteiger partial charge in [-0.05, 0) is 233 Å². The van der Waals surface area contributed by atoms with Gasteiger partial charge in [0.2, 0.25) is 0 Å². The fraction of sp³-hybridized carbons (Fsp3) is 1.00. The molecule has 0 aromatic carbocycles. The van der Waals surface area contributed by atoms with Gasteiger partial charge in [0.25, 0.3) is 0 Å². The number of hydrogen-bond donors (Lipinski definition) is 0. The molecule has 0 heterocycles. The smallest absolute Gasteiger partial charge is 0.160 e. The summed E-state index contributed by atoms with van der Waals surface area (Å²) in [6.45, 7) is 41.6. The van der Waals surface area contributed by atoms with Crippen molar-refractivity contribution in [2.45, 2.75) is 367 Å². The van der Waals surface area contributed by atoms with Crippen molar-refractivity contribution in [1.29, 1.82) is 0 Å². The van der Waals surface area contributed by atoms with Crippen molar-refractivity contribution in [3.05, 3.63) is 0 Å². The molecule has 5 heteroatoms. The van der Waals surface area contributed by atoms with Crippen LogP contribution in [0.2, 0.25) is 0 Å². The van der Waals surface area contributed by atoms with Gasteiger partial charge in [-0.15, -0.1) is 0 Å². The molecule has 3 nitrogen and oxygen atoms in total. The normalized spacial score (nSPS) is 18.5. The van der Waals surface area contributed by atoms with E-state index in [0.29, 0.717) is 0 Å². The lowest BCUT2D eigenvalue weighted by atomic mass is 9.80. The van der Waals surface area contributed by atoms with Crippen LogP contribution in [-0.4, -0.2) is 34.6 Å². The highest BCUT2D eigenvalue weighted by molar-refractivity contribution is 14.1. The second kappa shape index (κ2) is 54.7. The van der Waals surface area contributed by atoms with Crippen LogP contribution in [0.15, 0.2) is 0 Å². The predicted molar refractivity (Wildman–Crippen MR) is 373 cm³/mol. The average Bonchev–Trinajstić information content (AvgIpc) is 3.35. The van der Waals surface area contributed by atoms with Gasteiger partial charge in [-0.25, -0.2) is 0 Å². The highest BCUT2D eigenvalue weighted by atomic mass is 127. The molecule has 0 aromatic heterocycles. The zero-order valence-electron chi connectivity index (χ0n) is 56.9. The van der Waals surface area contributed by atoms with E-state index in [0.717, 1.165) is 122 Å². The first-order chi connectivity index (χ1) is 37.8. The van der Waals surface area contributed by atoms with Crippen LogP contribution in [0.25, 0.3) is 0 Å². The summed E-state index contributed by atoms with van der Waals surface area (Å²) < 4.78 is 23.1. The monoisotopic (exact) mass is 1340 g/mol. The number of unbranched alkanes of at least 4 members (excludes halogenated alkanes) is 14. The van der Waals surface area contributed by atoms with Crippen LogP contribution in [0.4, 0.5) is 0 Å². The minimum atomic E-state index is -0.166. The Morgan fingerprint density at radius 3 is 0.658 bits per heavy atom. The summed E-state index contributed by atoms with van der Waals surface area (Å²) in [5, 5.41) is 0. The summed E-state index contributed by atoms with van der Waals surface area (Å²) in [7, 11) is 0. The van der Waals surface area contributed by atoms with Gasteiger partial charge in [0.05, 0.1) is 0 Å². The van der Waals surface area contributed by atoms with E-state index < -0.39 is 0 Å². The molecule has 0 bridgehead atoms. The molecule has 79 heavy (non-hydrogen) atoms. The maximum atomic E-state index is 7.01. The fourth-order valence-corrected chi connectivity index (χ4v) is 16.1. The van der Waals surface area contributed by atoms with Gasteiger partial charge < -0.3 is 14.2 Å². The second-order valence-corrected chi connectivity index (χ2v) is 31.7. The van der Waals surface area contributed by atoms with Gasteiger partial charge in [0, 0.05) is 13.2 Å². The highest BCUT2D eigenvalue weighted by Crippen LogP contribution is 2.34. The number of rotatable bonds is 60. The van der Waals surface area contributed by atoms with E-state index in [4.69, 9.17) is 14.2 Å². The number of hydrogen-bond acceptors (Lipinski definition) is 3. The van der Waals surface area contributed by atoms with Crippen LogP contribution < -0.4 is 0 Å². The molecule has 0 rings (SSSR count). The lowest BCUT2D eigenvalue weighted by Gasteiger charge is -2.27. The Balaban J connectivity index is 5.46. The number of halogens is 2. The Morgan fingerprint density at radius 2 is 0.430 bits per heavy atom. The molecule has 0 aliphatic rings. The van der Waals surface area contributed by atoms with Crippen LogP contribution in [0.1, 0.15) is 355 Å². The molecule has 0 saturated carbocycles. The van der Waals surface area contributed by atoms with E-state index in [-0.39, 0.29) is 12.6 Å². The van der Waals surface area contributed by atoms with Gasteiger partial charge in [-0.3, -0.25) is 0 Å². The number of alkyl halides is 2. The largest absolute Gasteiger partial charge is 0.353 e. The zero-order chi connectivity index (χ0) is 59.1. The SMILES string of the molecule is CCCCCCCCCCOC(CCCC(C)CC(C)CC(C)CC(C)CC(C)CC(C)CC(C)CCCI)OC(CCCC(C)CC(C)CC(C)CC(C)CC(C)CC(C)CC(C)CCCI)OCCCCCCCCCC. The van der Waals surface area contributed by atoms with Crippen molar-refractivity contribution in [3.63, 3.8) is 0 Å². The van der Waals surface area contributed by atoms with Crippen LogP contribution >= 0.6 is 45.2 Å². The van der Waals surface area contributed by atoms with Gasteiger partial charge in [0.15, 0.2) is 12.6 Å². The number of ether oxygens (including phenoxy) is 3. The van der Waals surface area contributed by atoms with Crippen molar-refractivity contribution < 1.29 is 14.2 Å². The molecule has 0 saturated heterocycles. The zero-order valence-corrected chi connectivity index (χ0v) is 61.2. The van der Waals surface area contributed by atoms with E-state index in [1.54, 1.807) is 0 Å². The van der Waals surface area contributed by atoms with E-state index in [1.165, 1.54) is 227 Å². The van der Waals surface area contributed by atoms with Crippen molar-refractivity contribution in [2.24, 2.45) is 82.9 Å². The average molecular weight is 1340 g/mol. The van der Waals surface area contributed by atoms with Crippen molar-refractivity contribution in [1.82, 2.24) is 0 Å². The fourth-order valence-electron chi connectivity index (χ4n) is 15.2. The topological polar surface area (TPSA) is 27.7 Å². The lowest BCUT2D eigenvalue weighted by molar-refractivity contribution is -0.250. The quantitative estimate of drug-likeness (QED) is 0.0263. The van der Waals surface area contributed by atoms with E-state index in [1.807, 2.05) is 0 Å².